The Morgan fingerprint density at radius 3 is 2.88 bits per heavy atom. The second-order valence-corrected chi connectivity index (χ2v) is 5.30. The van der Waals surface area contributed by atoms with Crippen LogP contribution in [0.1, 0.15) is 19.7 Å². The van der Waals surface area contributed by atoms with Crippen LogP contribution >= 0.6 is 23.1 Å². The number of hydrogen-bond acceptors (Lipinski definition) is 7. The van der Waals surface area contributed by atoms with E-state index in [1.54, 1.807) is 5.51 Å². The number of rotatable bonds is 5. The lowest BCUT2D eigenvalue weighted by Gasteiger charge is -2.06. The lowest BCUT2D eigenvalue weighted by atomic mass is 10.4. The molecule has 7 heteroatoms. The molecular weight excluding hydrogens is 254 g/mol. The molecule has 17 heavy (non-hydrogen) atoms. The van der Waals surface area contributed by atoms with E-state index in [1.165, 1.54) is 23.1 Å². The second kappa shape index (κ2) is 5.92. The average Bonchev–Trinajstić information content (AvgIpc) is 2.82. The molecule has 2 aromatic heterocycles. The van der Waals surface area contributed by atoms with Crippen molar-refractivity contribution in [3.8, 4) is 0 Å². The average molecular weight is 267 g/mol. The van der Waals surface area contributed by atoms with Gasteiger partial charge in [-0.05, 0) is 18.7 Å². The van der Waals surface area contributed by atoms with Gasteiger partial charge in [0.1, 0.15) is 22.2 Å². The van der Waals surface area contributed by atoms with E-state index in [0.717, 1.165) is 34.0 Å². The van der Waals surface area contributed by atoms with Crippen LogP contribution in [0.5, 0.6) is 0 Å². The van der Waals surface area contributed by atoms with Gasteiger partial charge in [0.25, 0.3) is 0 Å². The topological polar surface area (TPSA) is 63.6 Å². The Labute approximate surface area is 108 Å². The Kier molecular flexibility index (Phi) is 4.27. The monoisotopic (exact) mass is 267 g/mol. The van der Waals surface area contributed by atoms with Crippen LogP contribution in [0.3, 0.4) is 0 Å². The van der Waals surface area contributed by atoms with Gasteiger partial charge in [0.15, 0.2) is 4.34 Å². The molecule has 0 unspecified atom stereocenters. The van der Waals surface area contributed by atoms with Crippen molar-refractivity contribution in [3.05, 3.63) is 17.4 Å². The van der Waals surface area contributed by atoms with Gasteiger partial charge in [-0.15, -0.1) is 10.2 Å². The molecule has 0 spiro atoms. The zero-order chi connectivity index (χ0) is 12.1. The molecule has 0 bridgehead atoms. The van der Waals surface area contributed by atoms with Crippen molar-refractivity contribution in [3.63, 3.8) is 0 Å². The van der Waals surface area contributed by atoms with E-state index in [4.69, 9.17) is 0 Å². The molecule has 0 aliphatic heterocycles. The van der Waals surface area contributed by atoms with Crippen molar-refractivity contribution in [2.75, 3.05) is 11.9 Å². The molecule has 1 N–H and O–H groups in total. The summed E-state index contributed by atoms with van der Waals surface area (Å²) in [7, 11) is 0. The normalized spacial score (nSPS) is 10.5. The van der Waals surface area contributed by atoms with Crippen molar-refractivity contribution in [1.29, 1.82) is 0 Å². The number of nitrogens with one attached hydrogen (secondary N) is 1. The standard InChI is InChI=1S/C10H13N5S2/c1-3-7-13-8(11-4-2)5-9(14-7)17-10-15-12-6-16-10/h5-6H,3-4H2,1-2H3,(H,11,13,14). The Bertz CT molecular complexity index is 472. The van der Waals surface area contributed by atoms with Gasteiger partial charge < -0.3 is 5.32 Å². The maximum atomic E-state index is 4.46. The summed E-state index contributed by atoms with van der Waals surface area (Å²) in [5.74, 6) is 1.71. The molecule has 0 saturated carbocycles. The summed E-state index contributed by atoms with van der Waals surface area (Å²) in [6, 6.07) is 1.94. The molecule has 0 amide bonds. The van der Waals surface area contributed by atoms with Crippen LogP contribution < -0.4 is 5.32 Å². The first-order valence-electron chi connectivity index (χ1n) is 5.37. The van der Waals surface area contributed by atoms with E-state index >= 15 is 0 Å². The molecule has 0 aromatic carbocycles. The predicted molar refractivity (Wildman–Crippen MR) is 69.6 cm³/mol. The minimum atomic E-state index is 0.822. The highest BCUT2D eigenvalue weighted by Gasteiger charge is 2.06. The van der Waals surface area contributed by atoms with Crippen molar-refractivity contribution in [2.45, 2.75) is 29.6 Å². The number of nitrogens with zero attached hydrogens (tertiary/aromatic N) is 4. The minimum absolute atomic E-state index is 0.822. The molecular formula is C10H13N5S2. The molecule has 0 saturated heterocycles. The largest absolute Gasteiger partial charge is 0.370 e. The quantitative estimate of drug-likeness (QED) is 0.840. The predicted octanol–water partition coefficient (Wildman–Crippen LogP) is 2.47. The molecule has 90 valence electrons. The molecule has 2 aromatic rings. The molecule has 2 heterocycles. The van der Waals surface area contributed by atoms with Gasteiger partial charge in [0.05, 0.1) is 0 Å². The number of aryl methyl sites for hydroxylation is 1. The molecule has 0 aliphatic rings. The van der Waals surface area contributed by atoms with Crippen LogP contribution in [-0.2, 0) is 6.42 Å². The van der Waals surface area contributed by atoms with Crippen molar-refractivity contribution >= 4 is 28.9 Å². The lowest BCUT2D eigenvalue weighted by molar-refractivity contribution is 0.885. The molecule has 2 rings (SSSR count). The third-order valence-corrected chi connectivity index (χ3v) is 3.65. The third-order valence-electron chi connectivity index (χ3n) is 1.96. The Hall–Kier alpha value is -1.21. The van der Waals surface area contributed by atoms with E-state index in [1.807, 2.05) is 19.9 Å². The molecule has 0 aliphatic carbocycles. The zero-order valence-electron chi connectivity index (χ0n) is 9.67. The third kappa shape index (κ3) is 3.37. The second-order valence-electron chi connectivity index (χ2n) is 3.20. The van der Waals surface area contributed by atoms with E-state index < -0.39 is 0 Å². The molecule has 0 atom stereocenters. The number of anilines is 1. The summed E-state index contributed by atoms with van der Waals surface area (Å²) >= 11 is 3.03. The van der Waals surface area contributed by atoms with Gasteiger partial charge in [0.2, 0.25) is 0 Å². The highest BCUT2D eigenvalue weighted by atomic mass is 32.2. The highest BCUT2D eigenvalue weighted by Crippen LogP contribution is 2.28. The van der Waals surface area contributed by atoms with Gasteiger partial charge >= 0.3 is 0 Å². The summed E-state index contributed by atoms with van der Waals surface area (Å²) < 4.78 is 0.896. The van der Waals surface area contributed by atoms with Crippen LogP contribution in [0.2, 0.25) is 0 Å². The summed E-state index contributed by atoms with van der Waals surface area (Å²) in [5.41, 5.74) is 1.72. The maximum Gasteiger partial charge on any atom is 0.180 e. The van der Waals surface area contributed by atoms with E-state index in [0.29, 0.717) is 0 Å². The van der Waals surface area contributed by atoms with Gasteiger partial charge in [-0.3, -0.25) is 0 Å². The first-order chi connectivity index (χ1) is 8.31. The first-order valence-corrected chi connectivity index (χ1v) is 7.07. The van der Waals surface area contributed by atoms with Crippen molar-refractivity contribution in [2.24, 2.45) is 0 Å². The summed E-state index contributed by atoms with van der Waals surface area (Å²) in [6.07, 6.45) is 0.822. The molecule has 5 nitrogen and oxygen atoms in total. The van der Waals surface area contributed by atoms with Crippen LogP contribution in [0.25, 0.3) is 0 Å². The van der Waals surface area contributed by atoms with E-state index in [2.05, 4.69) is 25.5 Å². The Morgan fingerprint density at radius 1 is 1.35 bits per heavy atom. The van der Waals surface area contributed by atoms with Crippen LogP contribution in [0, 0.1) is 0 Å². The lowest BCUT2D eigenvalue weighted by Crippen LogP contribution is -2.03. The van der Waals surface area contributed by atoms with E-state index in [9.17, 15) is 0 Å². The Morgan fingerprint density at radius 2 is 2.24 bits per heavy atom. The van der Waals surface area contributed by atoms with Gasteiger partial charge in [-0.2, -0.15) is 0 Å². The van der Waals surface area contributed by atoms with Gasteiger partial charge in [0, 0.05) is 19.0 Å². The first kappa shape index (κ1) is 12.3. The van der Waals surface area contributed by atoms with Crippen molar-refractivity contribution in [1.82, 2.24) is 20.2 Å². The minimum Gasteiger partial charge on any atom is -0.370 e. The summed E-state index contributed by atoms with van der Waals surface area (Å²) in [6.45, 7) is 4.94. The van der Waals surface area contributed by atoms with Crippen LogP contribution in [0.4, 0.5) is 5.82 Å². The number of aromatic nitrogens is 4. The number of hydrogen-bond donors (Lipinski definition) is 1. The smallest absolute Gasteiger partial charge is 0.180 e. The van der Waals surface area contributed by atoms with Crippen molar-refractivity contribution < 1.29 is 0 Å². The maximum absolute atomic E-state index is 4.46. The fourth-order valence-corrected chi connectivity index (χ4v) is 2.70. The summed E-state index contributed by atoms with van der Waals surface area (Å²) in [4.78, 5) is 8.86. The van der Waals surface area contributed by atoms with Gasteiger partial charge in [-0.25, -0.2) is 9.97 Å². The summed E-state index contributed by atoms with van der Waals surface area (Å²) in [5, 5.41) is 11.9. The van der Waals surface area contributed by atoms with Crippen LogP contribution in [-0.4, -0.2) is 26.7 Å². The molecule has 0 fully saturated rings. The molecule has 0 radical (unpaired) electrons. The highest BCUT2D eigenvalue weighted by molar-refractivity contribution is 8.00. The SMILES string of the molecule is CCNc1cc(Sc2nncs2)nc(CC)n1. The Balaban J connectivity index is 2.23. The van der Waals surface area contributed by atoms with Gasteiger partial charge in [-0.1, -0.05) is 18.3 Å². The zero-order valence-corrected chi connectivity index (χ0v) is 11.3. The fourth-order valence-electron chi connectivity index (χ4n) is 1.25. The van der Waals surface area contributed by atoms with Crippen LogP contribution in [0.15, 0.2) is 20.9 Å². The fraction of sp³-hybridized carbons (Fsp3) is 0.400. The van der Waals surface area contributed by atoms with E-state index in [-0.39, 0.29) is 0 Å².